The molecule has 4 rings (SSSR count). The molecule has 1 amide bonds. The highest BCUT2D eigenvalue weighted by atomic mass is 35.5. The molecule has 0 spiro atoms. The van der Waals surface area contributed by atoms with Gasteiger partial charge in [-0.1, -0.05) is 89.1 Å². The Kier molecular flexibility index (Phi) is 6.89. The van der Waals surface area contributed by atoms with Crippen molar-refractivity contribution in [1.29, 1.82) is 0 Å². The summed E-state index contributed by atoms with van der Waals surface area (Å²) in [6, 6.07) is 19.9. The van der Waals surface area contributed by atoms with E-state index in [0.29, 0.717) is 42.3 Å². The van der Waals surface area contributed by atoms with Gasteiger partial charge in [-0.2, -0.15) is 0 Å². The van der Waals surface area contributed by atoms with Gasteiger partial charge in [0.1, 0.15) is 12.4 Å². The number of carbonyl (C=O) groups excluding carboxylic acids is 1. The van der Waals surface area contributed by atoms with E-state index in [2.05, 4.69) is 0 Å². The molecule has 1 aliphatic heterocycles. The van der Waals surface area contributed by atoms with E-state index in [4.69, 9.17) is 51.8 Å². The van der Waals surface area contributed by atoms with Crippen LogP contribution in [0.1, 0.15) is 11.1 Å². The average Bonchev–Trinajstić information content (AvgIpc) is 3.02. The lowest BCUT2D eigenvalue weighted by molar-refractivity contribution is -0.113. The monoisotopic (exact) mass is 505 g/mol. The van der Waals surface area contributed by atoms with Gasteiger partial charge in [0.15, 0.2) is 4.32 Å². The van der Waals surface area contributed by atoms with Crippen molar-refractivity contribution in [2.24, 2.45) is 0 Å². The molecule has 0 aromatic heterocycles. The smallest absolute Gasteiger partial charge is 0.270 e. The van der Waals surface area contributed by atoms with Crippen molar-refractivity contribution in [3.8, 4) is 5.75 Å². The number of hydrogen-bond donors (Lipinski definition) is 0. The first-order valence-electron chi connectivity index (χ1n) is 9.11. The maximum Gasteiger partial charge on any atom is 0.270 e. The summed E-state index contributed by atoms with van der Waals surface area (Å²) >= 11 is 25.0. The van der Waals surface area contributed by atoms with Gasteiger partial charge < -0.3 is 4.74 Å². The zero-order valence-electron chi connectivity index (χ0n) is 15.8. The maximum absolute atomic E-state index is 12.9. The number of rotatable bonds is 5. The molecule has 8 heteroatoms. The number of thiocarbonyl (C=S) groups is 1. The molecule has 0 unspecified atom stereocenters. The number of carbonyl (C=O) groups is 1. The molecule has 3 aromatic rings. The molecular formula is C23H14Cl3NO2S2. The Hall–Kier alpha value is -2.02. The fourth-order valence-corrected chi connectivity index (χ4v) is 4.89. The van der Waals surface area contributed by atoms with Crippen LogP contribution >= 0.6 is 58.8 Å². The Morgan fingerprint density at radius 2 is 1.71 bits per heavy atom. The third kappa shape index (κ3) is 5.08. The number of ether oxygens (including phenoxy) is 1. The Morgan fingerprint density at radius 1 is 0.968 bits per heavy atom. The number of anilines is 1. The Labute approximate surface area is 204 Å². The van der Waals surface area contributed by atoms with Crippen LogP contribution in [0.25, 0.3) is 6.08 Å². The molecule has 3 aromatic carbocycles. The normalized spacial score (nSPS) is 15.1. The molecule has 0 saturated carbocycles. The quantitative estimate of drug-likeness (QED) is 0.263. The van der Waals surface area contributed by atoms with Crippen LogP contribution < -0.4 is 9.64 Å². The highest BCUT2D eigenvalue weighted by Crippen LogP contribution is 2.39. The topological polar surface area (TPSA) is 29.5 Å². The Bertz CT molecular complexity index is 1200. The van der Waals surface area contributed by atoms with Crippen LogP contribution in [-0.2, 0) is 11.4 Å². The summed E-state index contributed by atoms with van der Waals surface area (Å²) in [5.74, 6) is 0.482. The minimum atomic E-state index is -0.224. The van der Waals surface area contributed by atoms with Gasteiger partial charge in [0.25, 0.3) is 5.91 Å². The first-order chi connectivity index (χ1) is 14.9. The minimum Gasteiger partial charge on any atom is -0.489 e. The molecule has 156 valence electrons. The number of benzene rings is 3. The molecule has 1 fully saturated rings. The van der Waals surface area contributed by atoms with Crippen LogP contribution in [0.2, 0.25) is 15.1 Å². The standard InChI is InChI=1S/C23H14Cl3NO2S2/c24-16-7-10-20(19(26)12-16)27-22(28)21(31-23(27)30)11-14-5-8-17(9-6-14)29-13-15-3-1-2-4-18(15)25/h1-12H,13H2/b21-11-. The second-order valence-corrected chi connectivity index (χ2v) is 9.49. The largest absolute Gasteiger partial charge is 0.489 e. The molecule has 0 atom stereocenters. The number of thioether (sulfide) groups is 1. The van der Waals surface area contributed by atoms with Gasteiger partial charge in [0.2, 0.25) is 0 Å². The maximum atomic E-state index is 12.9. The van der Waals surface area contributed by atoms with Gasteiger partial charge in [-0.05, 0) is 48.0 Å². The Morgan fingerprint density at radius 3 is 2.42 bits per heavy atom. The lowest BCUT2D eigenvalue weighted by Crippen LogP contribution is -2.27. The minimum absolute atomic E-state index is 0.224. The van der Waals surface area contributed by atoms with E-state index >= 15 is 0 Å². The van der Waals surface area contributed by atoms with E-state index in [1.165, 1.54) is 16.7 Å². The molecule has 31 heavy (non-hydrogen) atoms. The lowest BCUT2D eigenvalue weighted by atomic mass is 10.2. The number of hydrogen-bond acceptors (Lipinski definition) is 4. The van der Waals surface area contributed by atoms with Crippen LogP contribution in [0.5, 0.6) is 5.75 Å². The summed E-state index contributed by atoms with van der Waals surface area (Å²) in [4.78, 5) is 14.9. The van der Waals surface area contributed by atoms with Gasteiger partial charge >= 0.3 is 0 Å². The highest BCUT2D eigenvalue weighted by Gasteiger charge is 2.34. The van der Waals surface area contributed by atoms with Crippen molar-refractivity contribution in [2.45, 2.75) is 6.61 Å². The third-order valence-corrected chi connectivity index (χ3v) is 6.68. The molecule has 0 radical (unpaired) electrons. The number of halogens is 3. The second-order valence-electron chi connectivity index (χ2n) is 6.56. The molecule has 0 bridgehead atoms. The average molecular weight is 507 g/mol. The van der Waals surface area contributed by atoms with E-state index < -0.39 is 0 Å². The van der Waals surface area contributed by atoms with E-state index in [-0.39, 0.29) is 5.91 Å². The first kappa shape index (κ1) is 22.2. The summed E-state index contributed by atoms with van der Waals surface area (Å²) in [6.45, 7) is 0.375. The summed E-state index contributed by atoms with van der Waals surface area (Å²) in [6.07, 6.45) is 1.79. The summed E-state index contributed by atoms with van der Waals surface area (Å²) in [5.41, 5.74) is 2.28. The predicted molar refractivity (Wildman–Crippen MR) is 134 cm³/mol. The summed E-state index contributed by atoms with van der Waals surface area (Å²) in [5, 5.41) is 1.53. The molecule has 3 nitrogen and oxygen atoms in total. The second kappa shape index (κ2) is 9.63. The summed E-state index contributed by atoms with van der Waals surface area (Å²) < 4.78 is 6.22. The number of amides is 1. The van der Waals surface area contributed by atoms with Crippen LogP contribution in [0.4, 0.5) is 5.69 Å². The summed E-state index contributed by atoms with van der Waals surface area (Å²) in [7, 11) is 0. The molecule has 1 saturated heterocycles. The van der Waals surface area contributed by atoms with Crippen LogP contribution in [0, 0.1) is 0 Å². The van der Waals surface area contributed by atoms with Crippen molar-refractivity contribution < 1.29 is 9.53 Å². The van der Waals surface area contributed by atoms with Gasteiger partial charge in [-0.25, -0.2) is 0 Å². The van der Waals surface area contributed by atoms with Gasteiger partial charge in [0.05, 0.1) is 15.6 Å². The van der Waals surface area contributed by atoms with Gasteiger partial charge in [-0.3, -0.25) is 9.69 Å². The Balaban J connectivity index is 1.48. The third-order valence-electron chi connectivity index (χ3n) is 4.47. The molecule has 1 heterocycles. The van der Waals surface area contributed by atoms with Crippen molar-refractivity contribution in [1.82, 2.24) is 0 Å². The predicted octanol–water partition coefficient (Wildman–Crippen LogP) is 7.63. The molecule has 0 N–H and O–H groups in total. The molecule has 0 aliphatic carbocycles. The zero-order chi connectivity index (χ0) is 22.0. The van der Waals surface area contributed by atoms with Crippen LogP contribution in [-0.4, -0.2) is 10.2 Å². The zero-order valence-corrected chi connectivity index (χ0v) is 19.8. The van der Waals surface area contributed by atoms with Crippen molar-refractivity contribution >= 4 is 80.8 Å². The van der Waals surface area contributed by atoms with Crippen molar-refractivity contribution in [3.05, 3.63) is 97.8 Å². The van der Waals surface area contributed by atoms with Crippen LogP contribution in [0.3, 0.4) is 0 Å². The van der Waals surface area contributed by atoms with E-state index in [9.17, 15) is 4.79 Å². The van der Waals surface area contributed by atoms with E-state index in [1.807, 2.05) is 48.5 Å². The van der Waals surface area contributed by atoms with E-state index in [1.54, 1.807) is 24.3 Å². The molecule has 1 aliphatic rings. The molecular weight excluding hydrogens is 493 g/mol. The first-order valence-corrected chi connectivity index (χ1v) is 11.5. The SMILES string of the molecule is O=C1/C(=C/c2ccc(OCc3ccccc3Cl)cc2)SC(=S)N1c1ccc(Cl)cc1Cl. The lowest BCUT2D eigenvalue weighted by Gasteiger charge is -2.16. The van der Waals surface area contributed by atoms with Crippen molar-refractivity contribution in [2.75, 3.05) is 4.90 Å². The van der Waals surface area contributed by atoms with E-state index in [0.717, 1.165) is 11.1 Å². The highest BCUT2D eigenvalue weighted by molar-refractivity contribution is 8.27. The van der Waals surface area contributed by atoms with Crippen molar-refractivity contribution in [3.63, 3.8) is 0 Å². The van der Waals surface area contributed by atoms with Crippen LogP contribution in [0.15, 0.2) is 71.6 Å². The van der Waals surface area contributed by atoms with Gasteiger partial charge in [-0.15, -0.1) is 0 Å². The fraction of sp³-hybridized carbons (Fsp3) is 0.0435. The fourth-order valence-electron chi connectivity index (χ4n) is 2.93. The number of nitrogens with zero attached hydrogens (tertiary/aromatic N) is 1. The van der Waals surface area contributed by atoms with Gasteiger partial charge in [0, 0.05) is 15.6 Å².